The summed E-state index contributed by atoms with van der Waals surface area (Å²) < 4.78 is 38.8. The zero-order valence-electron chi connectivity index (χ0n) is 14.3. The molecule has 3 aliphatic heterocycles. The van der Waals surface area contributed by atoms with Crippen LogP contribution in [0.25, 0.3) is 0 Å². The van der Waals surface area contributed by atoms with Gasteiger partial charge in [-0.1, -0.05) is 6.07 Å². The monoisotopic (exact) mass is 366 g/mol. The molecule has 140 valence electrons. The molecule has 1 aromatic carbocycles. The number of fused-ring (bicyclic) bond motifs is 4. The predicted octanol–water partition coefficient (Wildman–Crippen LogP) is 3.18. The van der Waals surface area contributed by atoms with Crippen LogP contribution in [0.2, 0.25) is 0 Å². The molecule has 3 saturated heterocycles. The quantitative estimate of drug-likeness (QED) is 0.766. The minimum Gasteiger partial charge on any atom is -0.339 e. The molecular weight excluding hydrogens is 345 g/mol. The van der Waals surface area contributed by atoms with Gasteiger partial charge in [-0.25, -0.2) is 0 Å². The number of rotatable bonds is 1. The predicted molar refractivity (Wildman–Crippen MR) is 88.3 cm³/mol. The van der Waals surface area contributed by atoms with E-state index in [9.17, 15) is 22.8 Å². The van der Waals surface area contributed by atoms with Crippen LogP contribution in [0.1, 0.15) is 41.6 Å². The molecule has 0 aliphatic carbocycles. The maximum atomic E-state index is 12.9. The molecule has 0 N–H and O–H groups in total. The topological polar surface area (TPSA) is 40.6 Å². The molecule has 0 saturated carbocycles. The summed E-state index contributed by atoms with van der Waals surface area (Å²) in [7, 11) is 0. The first-order valence-corrected chi connectivity index (χ1v) is 9.09. The highest BCUT2D eigenvalue weighted by Crippen LogP contribution is 2.38. The Morgan fingerprint density at radius 2 is 1.96 bits per heavy atom. The van der Waals surface area contributed by atoms with Crippen LogP contribution in [0, 0.1) is 11.8 Å². The van der Waals surface area contributed by atoms with Crippen LogP contribution in [0.5, 0.6) is 0 Å². The summed E-state index contributed by atoms with van der Waals surface area (Å²) in [6.07, 6.45) is -1.04. The molecule has 4 nitrogen and oxygen atoms in total. The smallest absolute Gasteiger partial charge is 0.339 e. The third-order valence-corrected chi connectivity index (χ3v) is 5.90. The molecule has 0 unspecified atom stereocenters. The summed E-state index contributed by atoms with van der Waals surface area (Å²) in [6, 6.07) is 4.81. The number of halogens is 3. The van der Waals surface area contributed by atoms with Gasteiger partial charge in [0.15, 0.2) is 0 Å². The highest BCUT2D eigenvalue weighted by Gasteiger charge is 2.45. The van der Waals surface area contributed by atoms with Crippen molar-refractivity contribution in [3.63, 3.8) is 0 Å². The summed E-state index contributed by atoms with van der Waals surface area (Å²) in [5.74, 6) is 0.290. The summed E-state index contributed by atoms with van der Waals surface area (Å²) in [6.45, 7) is 1.68. The van der Waals surface area contributed by atoms with Crippen molar-refractivity contribution in [2.75, 3.05) is 19.6 Å². The molecule has 26 heavy (non-hydrogen) atoms. The Bertz CT molecular complexity index is 734. The summed E-state index contributed by atoms with van der Waals surface area (Å²) in [5.41, 5.74) is -0.721. The van der Waals surface area contributed by atoms with Crippen molar-refractivity contribution in [2.24, 2.45) is 11.8 Å². The van der Waals surface area contributed by atoms with Gasteiger partial charge in [0.2, 0.25) is 5.91 Å². The van der Waals surface area contributed by atoms with E-state index in [0.717, 1.165) is 31.4 Å². The Labute approximate surface area is 149 Å². The summed E-state index contributed by atoms with van der Waals surface area (Å²) >= 11 is 0. The van der Waals surface area contributed by atoms with E-state index in [1.165, 1.54) is 12.1 Å². The van der Waals surface area contributed by atoms with Crippen LogP contribution in [-0.2, 0) is 11.0 Å². The first-order valence-electron chi connectivity index (χ1n) is 9.09. The molecule has 3 aliphatic rings. The molecule has 3 heterocycles. The number of benzene rings is 1. The fraction of sp³-hybridized carbons (Fsp3) is 0.579. The number of likely N-dealkylation sites (tertiary alicyclic amines) is 1. The van der Waals surface area contributed by atoms with Crippen LogP contribution in [-0.4, -0.2) is 47.3 Å². The van der Waals surface area contributed by atoms with Crippen molar-refractivity contribution >= 4 is 11.8 Å². The zero-order chi connectivity index (χ0) is 18.5. The number of piperidine rings is 3. The van der Waals surface area contributed by atoms with Gasteiger partial charge in [0.05, 0.1) is 5.56 Å². The Morgan fingerprint density at radius 3 is 2.73 bits per heavy atom. The van der Waals surface area contributed by atoms with Crippen molar-refractivity contribution in [3.8, 4) is 0 Å². The second kappa shape index (κ2) is 6.28. The molecule has 7 heteroatoms. The van der Waals surface area contributed by atoms with E-state index in [1.54, 1.807) is 4.90 Å². The van der Waals surface area contributed by atoms with Gasteiger partial charge >= 0.3 is 6.18 Å². The molecule has 3 atom stereocenters. The lowest BCUT2D eigenvalue weighted by atomic mass is 9.76. The van der Waals surface area contributed by atoms with E-state index in [0.29, 0.717) is 26.1 Å². The minimum absolute atomic E-state index is 0.0800. The first kappa shape index (κ1) is 17.4. The molecule has 0 radical (unpaired) electrons. The van der Waals surface area contributed by atoms with E-state index in [1.807, 2.05) is 4.90 Å². The fourth-order valence-electron chi connectivity index (χ4n) is 4.79. The first-order chi connectivity index (χ1) is 12.3. The van der Waals surface area contributed by atoms with Crippen molar-refractivity contribution in [1.29, 1.82) is 0 Å². The van der Waals surface area contributed by atoms with E-state index >= 15 is 0 Å². The van der Waals surface area contributed by atoms with Gasteiger partial charge in [-0.05, 0) is 49.3 Å². The molecule has 2 amide bonds. The van der Waals surface area contributed by atoms with Crippen molar-refractivity contribution in [3.05, 3.63) is 35.4 Å². The third-order valence-electron chi connectivity index (χ3n) is 5.90. The van der Waals surface area contributed by atoms with E-state index in [4.69, 9.17) is 0 Å². The number of amides is 2. The van der Waals surface area contributed by atoms with Crippen molar-refractivity contribution in [1.82, 2.24) is 9.80 Å². The van der Waals surface area contributed by atoms with Crippen LogP contribution < -0.4 is 0 Å². The van der Waals surface area contributed by atoms with Gasteiger partial charge in [-0.2, -0.15) is 13.2 Å². The lowest BCUT2D eigenvalue weighted by Crippen LogP contribution is -2.61. The van der Waals surface area contributed by atoms with Crippen molar-refractivity contribution < 1.29 is 22.8 Å². The highest BCUT2D eigenvalue weighted by atomic mass is 19.4. The standard InChI is InChI=1S/C19H21F3N2O2/c20-19(21,22)15-4-1-3-13(8-15)18(26)23-9-12-7-14(11-23)16-5-2-6-17(25)24(16)10-12/h1,3-4,8,12,14,16H,2,5-7,9-11H2/t12-,14-,16-/m1/s1. The van der Waals surface area contributed by atoms with Gasteiger partial charge in [-0.3, -0.25) is 9.59 Å². The maximum Gasteiger partial charge on any atom is 0.416 e. The Balaban J connectivity index is 1.53. The number of nitrogens with zero attached hydrogens (tertiary/aromatic N) is 2. The highest BCUT2D eigenvalue weighted by molar-refractivity contribution is 5.94. The Kier molecular flexibility index (Phi) is 4.20. The third kappa shape index (κ3) is 3.08. The van der Waals surface area contributed by atoms with Gasteiger partial charge in [0.25, 0.3) is 5.91 Å². The summed E-state index contributed by atoms with van der Waals surface area (Å²) in [4.78, 5) is 28.6. The molecular formula is C19H21F3N2O2. The number of hydrogen-bond donors (Lipinski definition) is 0. The van der Waals surface area contributed by atoms with E-state index in [2.05, 4.69) is 0 Å². The Morgan fingerprint density at radius 1 is 1.15 bits per heavy atom. The van der Waals surface area contributed by atoms with Crippen LogP contribution in [0.3, 0.4) is 0 Å². The number of hydrogen-bond acceptors (Lipinski definition) is 2. The fourth-order valence-corrected chi connectivity index (χ4v) is 4.79. The van der Waals surface area contributed by atoms with Gasteiger partial charge in [0, 0.05) is 37.7 Å². The van der Waals surface area contributed by atoms with Gasteiger partial charge < -0.3 is 9.80 Å². The van der Waals surface area contributed by atoms with Gasteiger partial charge in [-0.15, -0.1) is 0 Å². The molecule has 3 fully saturated rings. The minimum atomic E-state index is -4.46. The maximum absolute atomic E-state index is 12.9. The van der Waals surface area contributed by atoms with Gasteiger partial charge in [0.1, 0.15) is 0 Å². The molecule has 4 rings (SSSR count). The van der Waals surface area contributed by atoms with Crippen molar-refractivity contribution in [2.45, 2.75) is 37.9 Å². The Hall–Kier alpha value is -2.05. The largest absolute Gasteiger partial charge is 0.416 e. The second-order valence-corrected chi connectivity index (χ2v) is 7.66. The second-order valence-electron chi connectivity index (χ2n) is 7.66. The van der Waals surface area contributed by atoms with E-state index in [-0.39, 0.29) is 35.3 Å². The lowest BCUT2D eigenvalue weighted by molar-refractivity contribution is -0.144. The molecule has 0 aromatic heterocycles. The molecule has 2 bridgehead atoms. The van der Waals surface area contributed by atoms with Crippen LogP contribution >= 0.6 is 0 Å². The van der Waals surface area contributed by atoms with Crippen LogP contribution in [0.15, 0.2) is 24.3 Å². The number of carbonyl (C=O) groups is 2. The normalized spacial score (nSPS) is 28.7. The summed E-state index contributed by atoms with van der Waals surface area (Å²) in [5, 5.41) is 0. The molecule has 1 aromatic rings. The SMILES string of the molecule is O=C(c1cccc(C(F)(F)F)c1)N1C[C@H]2C[C@H](C1)[C@H]1CCCC(=O)N1C2. The zero-order valence-corrected chi connectivity index (χ0v) is 14.3. The number of alkyl halides is 3. The lowest BCUT2D eigenvalue weighted by Gasteiger charge is -2.52. The van der Waals surface area contributed by atoms with E-state index < -0.39 is 11.7 Å². The molecule has 0 spiro atoms. The average Bonchev–Trinajstić information content (AvgIpc) is 2.61. The average molecular weight is 366 g/mol. The number of carbonyl (C=O) groups excluding carboxylic acids is 2. The van der Waals surface area contributed by atoms with Crippen LogP contribution in [0.4, 0.5) is 13.2 Å².